The van der Waals surface area contributed by atoms with Crippen LogP contribution in [0.2, 0.25) is 5.02 Å². The number of ether oxygens (including phenoxy) is 2. The maximum Gasteiger partial charge on any atom is 0.294 e. The van der Waals surface area contributed by atoms with Crippen LogP contribution in [0.1, 0.15) is 26.8 Å². The summed E-state index contributed by atoms with van der Waals surface area (Å²) in [6.07, 6.45) is 0. The number of hydrogen-bond acceptors (Lipinski definition) is 6. The first kappa shape index (κ1) is 21.9. The summed E-state index contributed by atoms with van der Waals surface area (Å²) >= 11 is 7.47. The molecule has 0 saturated carbocycles. The summed E-state index contributed by atoms with van der Waals surface area (Å²) in [4.78, 5) is 28.5. The second-order valence-electron chi connectivity index (χ2n) is 7.19. The van der Waals surface area contributed by atoms with Crippen LogP contribution < -0.4 is 14.4 Å². The number of thiophene rings is 1. The molecule has 8 heteroatoms. The van der Waals surface area contributed by atoms with E-state index in [-0.39, 0.29) is 5.57 Å². The van der Waals surface area contributed by atoms with Crippen molar-refractivity contribution in [2.45, 2.75) is 13.0 Å². The number of halogens is 1. The van der Waals surface area contributed by atoms with Crippen molar-refractivity contribution in [3.63, 3.8) is 0 Å². The zero-order chi connectivity index (χ0) is 23.0. The highest BCUT2D eigenvalue weighted by atomic mass is 35.5. The highest BCUT2D eigenvalue weighted by Gasteiger charge is 2.45. The van der Waals surface area contributed by atoms with E-state index < -0.39 is 23.5 Å². The molecule has 1 aromatic heterocycles. The summed E-state index contributed by atoms with van der Waals surface area (Å²) in [7, 11) is 3.03. The Morgan fingerprint density at radius 1 is 1.09 bits per heavy atom. The number of nitrogens with zero attached hydrogens (tertiary/aromatic N) is 1. The molecule has 0 bridgehead atoms. The van der Waals surface area contributed by atoms with E-state index in [0.717, 1.165) is 5.56 Å². The van der Waals surface area contributed by atoms with Crippen LogP contribution in [0.15, 0.2) is 65.2 Å². The molecule has 32 heavy (non-hydrogen) atoms. The molecule has 164 valence electrons. The van der Waals surface area contributed by atoms with Crippen LogP contribution in [-0.4, -0.2) is 31.0 Å². The molecule has 0 spiro atoms. The molecule has 4 rings (SSSR count). The number of aliphatic hydroxyl groups excluding tert-OH is 1. The minimum absolute atomic E-state index is 0.00375. The summed E-state index contributed by atoms with van der Waals surface area (Å²) in [5, 5.41) is 13.1. The minimum Gasteiger partial charge on any atom is -0.503 e. The van der Waals surface area contributed by atoms with E-state index in [4.69, 9.17) is 21.1 Å². The van der Waals surface area contributed by atoms with E-state index in [1.165, 1.54) is 30.5 Å². The molecule has 2 heterocycles. The highest BCUT2D eigenvalue weighted by molar-refractivity contribution is 7.12. The number of hydrogen-bond donors (Lipinski definition) is 1. The number of Topliss-reactive ketones (excluding diaryl/α,β-unsaturated/α-hetero) is 1. The third-order valence-corrected chi connectivity index (χ3v) is 6.46. The Hall–Kier alpha value is -3.29. The van der Waals surface area contributed by atoms with E-state index in [1.807, 2.05) is 6.92 Å². The summed E-state index contributed by atoms with van der Waals surface area (Å²) in [5.41, 5.74) is 1.86. The Labute approximate surface area is 194 Å². The molecular formula is C24H20ClNO5S. The lowest BCUT2D eigenvalue weighted by Gasteiger charge is -2.28. The number of carbonyl (C=O) groups excluding carboxylic acids is 2. The zero-order valence-corrected chi connectivity index (χ0v) is 19.2. The standard InChI is InChI=1S/C24H20ClNO5S/c1-13-6-8-15(25)12-16(13)26-21(14-7-9-17(30-2)18(11-14)31-3)20(23(28)24(26)29)22(27)19-5-4-10-32-19/h4-12,21,28H,1-3H3. The largest absolute Gasteiger partial charge is 0.503 e. The van der Waals surface area contributed by atoms with Gasteiger partial charge in [0.15, 0.2) is 17.3 Å². The predicted octanol–water partition coefficient (Wildman–Crippen LogP) is 5.51. The lowest BCUT2D eigenvalue weighted by molar-refractivity contribution is -0.117. The van der Waals surface area contributed by atoms with Crippen molar-refractivity contribution in [2.75, 3.05) is 19.1 Å². The molecule has 1 unspecified atom stereocenters. The Kier molecular flexibility index (Phi) is 5.95. The molecule has 2 aromatic carbocycles. The maximum absolute atomic E-state index is 13.4. The number of methoxy groups -OCH3 is 2. The minimum atomic E-state index is -0.880. The lowest BCUT2D eigenvalue weighted by Crippen LogP contribution is -2.31. The number of amides is 1. The normalized spacial score (nSPS) is 15.9. The van der Waals surface area contributed by atoms with Crippen molar-refractivity contribution < 1.29 is 24.2 Å². The summed E-state index contributed by atoms with van der Waals surface area (Å²) < 4.78 is 10.8. The van der Waals surface area contributed by atoms with Crippen LogP contribution in [0.3, 0.4) is 0 Å². The predicted molar refractivity (Wildman–Crippen MR) is 124 cm³/mol. The van der Waals surface area contributed by atoms with Crippen molar-refractivity contribution in [1.82, 2.24) is 0 Å². The van der Waals surface area contributed by atoms with Gasteiger partial charge in [-0.1, -0.05) is 29.8 Å². The maximum atomic E-state index is 13.4. The van der Waals surface area contributed by atoms with Gasteiger partial charge in [-0.2, -0.15) is 0 Å². The second-order valence-corrected chi connectivity index (χ2v) is 8.58. The molecule has 0 radical (unpaired) electrons. The van der Waals surface area contributed by atoms with Crippen LogP contribution in [0.4, 0.5) is 5.69 Å². The topological polar surface area (TPSA) is 76.1 Å². The third kappa shape index (κ3) is 3.63. The molecule has 1 amide bonds. The molecule has 1 aliphatic heterocycles. The van der Waals surface area contributed by atoms with Crippen LogP contribution in [0.5, 0.6) is 11.5 Å². The second kappa shape index (κ2) is 8.68. The quantitative estimate of drug-likeness (QED) is 0.482. The van der Waals surface area contributed by atoms with Gasteiger partial charge in [-0.05, 0) is 53.8 Å². The molecule has 1 atom stereocenters. The van der Waals surface area contributed by atoms with Crippen LogP contribution in [0, 0.1) is 6.92 Å². The number of anilines is 1. The van der Waals surface area contributed by atoms with Crippen LogP contribution >= 0.6 is 22.9 Å². The average Bonchev–Trinajstić information content (AvgIpc) is 3.42. The molecule has 0 saturated heterocycles. The monoisotopic (exact) mass is 469 g/mol. The fourth-order valence-corrected chi connectivity index (χ4v) is 4.65. The molecule has 0 aliphatic carbocycles. The van der Waals surface area contributed by atoms with E-state index >= 15 is 0 Å². The van der Waals surface area contributed by atoms with Gasteiger partial charge in [0.05, 0.1) is 30.7 Å². The number of rotatable bonds is 6. The fraction of sp³-hybridized carbons (Fsp3) is 0.167. The Morgan fingerprint density at radius 3 is 2.50 bits per heavy atom. The molecule has 1 aliphatic rings. The SMILES string of the molecule is COc1ccc(C2C(C(=O)c3cccs3)=C(O)C(=O)N2c2cc(Cl)ccc2C)cc1OC. The van der Waals surface area contributed by atoms with Gasteiger partial charge in [0.1, 0.15) is 0 Å². The number of ketones is 1. The van der Waals surface area contributed by atoms with E-state index in [1.54, 1.807) is 53.9 Å². The summed E-state index contributed by atoms with van der Waals surface area (Å²) in [6, 6.07) is 12.8. The molecule has 0 fully saturated rings. The summed E-state index contributed by atoms with van der Waals surface area (Å²) in [5.74, 6) is -0.717. The van der Waals surface area contributed by atoms with Gasteiger partial charge < -0.3 is 14.6 Å². The van der Waals surface area contributed by atoms with Gasteiger partial charge in [-0.15, -0.1) is 11.3 Å². The smallest absolute Gasteiger partial charge is 0.294 e. The van der Waals surface area contributed by atoms with Gasteiger partial charge in [-0.25, -0.2) is 0 Å². The van der Waals surface area contributed by atoms with Crippen molar-refractivity contribution in [2.24, 2.45) is 0 Å². The summed E-state index contributed by atoms with van der Waals surface area (Å²) in [6.45, 7) is 1.83. The number of benzene rings is 2. The van der Waals surface area contributed by atoms with E-state index in [2.05, 4.69) is 0 Å². The van der Waals surface area contributed by atoms with Crippen LogP contribution in [0.25, 0.3) is 0 Å². The number of aliphatic hydroxyl groups is 1. The zero-order valence-electron chi connectivity index (χ0n) is 17.6. The number of aryl methyl sites for hydroxylation is 1. The lowest BCUT2D eigenvalue weighted by atomic mass is 9.94. The van der Waals surface area contributed by atoms with Gasteiger partial charge in [0, 0.05) is 10.7 Å². The average molecular weight is 470 g/mol. The number of carbonyl (C=O) groups is 2. The van der Waals surface area contributed by atoms with Crippen molar-refractivity contribution in [1.29, 1.82) is 0 Å². The van der Waals surface area contributed by atoms with E-state index in [9.17, 15) is 14.7 Å². The first-order valence-electron chi connectivity index (χ1n) is 9.70. The highest BCUT2D eigenvalue weighted by Crippen LogP contribution is 2.45. The van der Waals surface area contributed by atoms with Crippen molar-refractivity contribution in [3.05, 3.63) is 86.3 Å². The first-order chi connectivity index (χ1) is 15.4. The van der Waals surface area contributed by atoms with Crippen molar-refractivity contribution >= 4 is 40.3 Å². The van der Waals surface area contributed by atoms with Gasteiger partial charge in [0.2, 0.25) is 5.78 Å². The van der Waals surface area contributed by atoms with E-state index in [0.29, 0.717) is 32.6 Å². The Morgan fingerprint density at radius 2 is 1.84 bits per heavy atom. The van der Waals surface area contributed by atoms with Gasteiger partial charge >= 0.3 is 0 Å². The first-order valence-corrected chi connectivity index (χ1v) is 11.0. The molecule has 3 aromatic rings. The third-order valence-electron chi connectivity index (χ3n) is 5.35. The molecule has 1 N–H and O–H groups in total. The molecular weight excluding hydrogens is 450 g/mol. The Balaban J connectivity index is 1.94. The van der Waals surface area contributed by atoms with Crippen molar-refractivity contribution in [3.8, 4) is 11.5 Å². The van der Waals surface area contributed by atoms with Gasteiger partial charge in [-0.3, -0.25) is 14.5 Å². The van der Waals surface area contributed by atoms with Gasteiger partial charge in [0.25, 0.3) is 5.91 Å². The Bertz CT molecular complexity index is 1240. The molecule has 6 nitrogen and oxygen atoms in total. The fourth-order valence-electron chi connectivity index (χ4n) is 3.81. The van der Waals surface area contributed by atoms with Crippen LogP contribution in [-0.2, 0) is 4.79 Å².